The number of hydrogen-bond acceptors (Lipinski definition) is 5. The first-order valence-electron chi connectivity index (χ1n) is 7.05. The Morgan fingerprint density at radius 3 is 2.75 bits per heavy atom. The number of rotatable bonds is 6. The minimum atomic E-state index is -0.0307. The van der Waals surface area contributed by atoms with E-state index < -0.39 is 0 Å². The molecule has 20 heavy (non-hydrogen) atoms. The van der Waals surface area contributed by atoms with Gasteiger partial charge in [0.15, 0.2) is 5.82 Å². The number of nitrogens with zero attached hydrogens (tertiary/aromatic N) is 2. The molecule has 1 aromatic heterocycles. The molecule has 0 spiro atoms. The Balaban J connectivity index is 2.02. The summed E-state index contributed by atoms with van der Waals surface area (Å²) in [6.07, 6.45) is 5.74. The molecule has 1 aliphatic rings. The fraction of sp³-hybridized carbons (Fsp3) is 0.714. The third-order valence-electron chi connectivity index (χ3n) is 3.91. The van der Waals surface area contributed by atoms with E-state index in [0.29, 0.717) is 29.9 Å². The minimum Gasteiger partial charge on any atom is -0.396 e. The molecule has 0 unspecified atom stereocenters. The molecule has 1 heterocycles. The predicted octanol–water partition coefficient (Wildman–Crippen LogP) is 2.63. The van der Waals surface area contributed by atoms with Crippen molar-refractivity contribution in [1.29, 1.82) is 0 Å². The van der Waals surface area contributed by atoms with Crippen molar-refractivity contribution in [1.82, 2.24) is 9.97 Å². The Kier molecular flexibility index (Phi) is 5.57. The molecule has 1 aromatic rings. The summed E-state index contributed by atoms with van der Waals surface area (Å²) in [6.45, 7) is 1.26. The van der Waals surface area contributed by atoms with Crippen molar-refractivity contribution in [2.45, 2.75) is 38.7 Å². The second-order valence-electron chi connectivity index (χ2n) is 5.50. The molecular formula is C14H22ClN3O2. The third kappa shape index (κ3) is 4.04. The lowest BCUT2D eigenvalue weighted by molar-refractivity contribution is 0.0943. The largest absolute Gasteiger partial charge is 0.396 e. The predicted molar refractivity (Wildman–Crippen MR) is 78.8 cm³/mol. The molecule has 0 aliphatic heterocycles. The highest BCUT2D eigenvalue weighted by atomic mass is 35.5. The van der Waals surface area contributed by atoms with E-state index in [2.05, 4.69) is 15.3 Å². The van der Waals surface area contributed by atoms with Crippen molar-refractivity contribution >= 4 is 17.4 Å². The van der Waals surface area contributed by atoms with Crippen LogP contribution in [0.1, 0.15) is 37.9 Å². The van der Waals surface area contributed by atoms with Gasteiger partial charge < -0.3 is 15.2 Å². The number of ether oxygens (including phenoxy) is 1. The summed E-state index contributed by atoms with van der Waals surface area (Å²) >= 11 is 5.98. The minimum absolute atomic E-state index is 0.0307. The van der Waals surface area contributed by atoms with E-state index in [1.54, 1.807) is 13.2 Å². The summed E-state index contributed by atoms with van der Waals surface area (Å²) in [7, 11) is 1.60. The zero-order valence-corrected chi connectivity index (χ0v) is 12.6. The second kappa shape index (κ2) is 7.20. The van der Waals surface area contributed by atoms with Gasteiger partial charge in [0, 0.05) is 25.1 Å². The van der Waals surface area contributed by atoms with Crippen molar-refractivity contribution in [3.8, 4) is 0 Å². The highest BCUT2D eigenvalue weighted by Gasteiger charge is 2.31. The Morgan fingerprint density at radius 2 is 2.10 bits per heavy atom. The quantitative estimate of drug-likeness (QED) is 0.790. The molecule has 0 bridgehead atoms. The lowest BCUT2D eigenvalue weighted by Crippen LogP contribution is -2.35. The number of methoxy groups -OCH3 is 1. The zero-order valence-electron chi connectivity index (χ0n) is 11.9. The summed E-state index contributed by atoms with van der Waals surface area (Å²) in [6, 6.07) is 1.70. The first-order valence-corrected chi connectivity index (χ1v) is 7.42. The average Bonchev–Trinajstić information content (AvgIpc) is 2.46. The maximum absolute atomic E-state index is 9.69. The zero-order chi connectivity index (χ0) is 14.4. The van der Waals surface area contributed by atoms with Crippen LogP contribution >= 0.6 is 11.6 Å². The molecule has 0 saturated heterocycles. The lowest BCUT2D eigenvalue weighted by Gasteiger charge is -2.35. The summed E-state index contributed by atoms with van der Waals surface area (Å²) in [5.41, 5.74) is -0.0307. The van der Waals surface area contributed by atoms with Crippen LogP contribution in [-0.2, 0) is 11.3 Å². The van der Waals surface area contributed by atoms with Crippen LogP contribution in [0, 0.1) is 5.41 Å². The highest BCUT2D eigenvalue weighted by molar-refractivity contribution is 6.29. The van der Waals surface area contributed by atoms with E-state index in [0.717, 1.165) is 12.8 Å². The van der Waals surface area contributed by atoms with Crippen LogP contribution in [-0.4, -0.2) is 35.3 Å². The molecule has 0 amide bonds. The van der Waals surface area contributed by atoms with Gasteiger partial charge in [0.1, 0.15) is 17.6 Å². The average molecular weight is 300 g/mol. The molecule has 1 saturated carbocycles. The van der Waals surface area contributed by atoms with Gasteiger partial charge in [-0.2, -0.15) is 0 Å². The van der Waals surface area contributed by atoms with Gasteiger partial charge in [0.2, 0.25) is 0 Å². The first kappa shape index (κ1) is 15.5. The summed E-state index contributed by atoms with van der Waals surface area (Å²) in [5, 5.41) is 13.4. The van der Waals surface area contributed by atoms with Crippen LogP contribution in [0.5, 0.6) is 0 Å². The number of aromatic nitrogens is 2. The molecule has 0 aromatic carbocycles. The normalized spacial score (nSPS) is 17.9. The SMILES string of the molecule is COCc1nc(Cl)cc(NCC2(CO)CCCCC2)n1. The maximum atomic E-state index is 9.69. The van der Waals surface area contributed by atoms with Gasteiger partial charge >= 0.3 is 0 Å². The van der Waals surface area contributed by atoms with E-state index in [-0.39, 0.29) is 12.0 Å². The van der Waals surface area contributed by atoms with Gasteiger partial charge in [-0.3, -0.25) is 0 Å². The molecule has 1 aliphatic carbocycles. The summed E-state index contributed by atoms with van der Waals surface area (Å²) in [4.78, 5) is 8.46. The molecule has 1 fully saturated rings. The monoisotopic (exact) mass is 299 g/mol. The number of halogens is 1. The van der Waals surface area contributed by atoms with Crippen LogP contribution in [0.3, 0.4) is 0 Å². The molecule has 2 N–H and O–H groups in total. The number of anilines is 1. The van der Waals surface area contributed by atoms with Crippen molar-refractivity contribution in [3.63, 3.8) is 0 Å². The van der Waals surface area contributed by atoms with Gasteiger partial charge in [-0.15, -0.1) is 0 Å². The fourth-order valence-electron chi connectivity index (χ4n) is 2.72. The molecule has 5 nitrogen and oxygen atoms in total. The van der Waals surface area contributed by atoms with Crippen LogP contribution in [0.4, 0.5) is 5.82 Å². The van der Waals surface area contributed by atoms with Gasteiger partial charge in [-0.05, 0) is 12.8 Å². The Labute approximate surface area is 124 Å². The van der Waals surface area contributed by atoms with E-state index in [9.17, 15) is 5.11 Å². The van der Waals surface area contributed by atoms with E-state index in [1.807, 2.05) is 0 Å². The van der Waals surface area contributed by atoms with E-state index >= 15 is 0 Å². The number of hydrogen-bond donors (Lipinski definition) is 2. The number of nitrogens with one attached hydrogen (secondary N) is 1. The van der Waals surface area contributed by atoms with Crippen molar-refractivity contribution < 1.29 is 9.84 Å². The van der Waals surface area contributed by atoms with Crippen LogP contribution < -0.4 is 5.32 Å². The maximum Gasteiger partial charge on any atom is 0.158 e. The topological polar surface area (TPSA) is 67.3 Å². The Morgan fingerprint density at radius 1 is 1.35 bits per heavy atom. The van der Waals surface area contributed by atoms with Gasteiger partial charge in [0.05, 0.1) is 6.61 Å². The molecule has 0 radical (unpaired) electrons. The van der Waals surface area contributed by atoms with E-state index in [1.165, 1.54) is 19.3 Å². The Hall–Kier alpha value is -0.910. The van der Waals surface area contributed by atoms with Crippen LogP contribution in [0.2, 0.25) is 5.15 Å². The molecule has 6 heteroatoms. The van der Waals surface area contributed by atoms with E-state index in [4.69, 9.17) is 16.3 Å². The third-order valence-corrected chi connectivity index (χ3v) is 4.10. The van der Waals surface area contributed by atoms with Gasteiger partial charge in [0.25, 0.3) is 0 Å². The smallest absolute Gasteiger partial charge is 0.158 e. The highest BCUT2D eigenvalue weighted by Crippen LogP contribution is 2.35. The van der Waals surface area contributed by atoms with Gasteiger partial charge in [-0.1, -0.05) is 30.9 Å². The standard InChI is InChI=1S/C14H22ClN3O2/c1-20-8-13-17-11(15)7-12(18-13)16-9-14(10-19)5-3-2-4-6-14/h7,19H,2-6,8-10H2,1H3,(H,16,17,18). The molecule has 0 atom stereocenters. The van der Waals surface area contributed by atoms with Crippen LogP contribution in [0.25, 0.3) is 0 Å². The molecule has 2 rings (SSSR count). The number of aliphatic hydroxyl groups is 1. The van der Waals surface area contributed by atoms with Crippen LogP contribution in [0.15, 0.2) is 6.07 Å². The second-order valence-corrected chi connectivity index (χ2v) is 5.88. The van der Waals surface area contributed by atoms with Crippen molar-refractivity contribution in [3.05, 3.63) is 17.0 Å². The molecular weight excluding hydrogens is 278 g/mol. The fourth-order valence-corrected chi connectivity index (χ4v) is 2.92. The number of aliphatic hydroxyl groups excluding tert-OH is 1. The first-order chi connectivity index (χ1) is 9.67. The summed E-state index contributed by atoms with van der Waals surface area (Å²) < 4.78 is 5.02. The lowest BCUT2D eigenvalue weighted by atomic mass is 9.74. The Bertz CT molecular complexity index is 436. The summed E-state index contributed by atoms with van der Waals surface area (Å²) in [5.74, 6) is 1.25. The van der Waals surface area contributed by atoms with Gasteiger partial charge in [-0.25, -0.2) is 9.97 Å². The van der Waals surface area contributed by atoms with Crippen molar-refractivity contribution in [2.24, 2.45) is 5.41 Å². The molecule has 112 valence electrons. The van der Waals surface area contributed by atoms with Crippen molar-refractivity contribution in [2.75, 3.05) is 25.6 Å².